The normalized spacial score (nSPS) is 9.40. The maximum absolute atomic E-state index is 4.94. The fourth-order valence-electron chi connectivity index (χ4n) is 0.851. The van der Waals surface area contributed by atoms with Gasteiger partial charge in [0, 0.05) is 6.42 Å². The van der Waals surface area contributed by atoms with E-state index in [2.05, 4.69) is 13.5 Å². The highest BCUT2D eigenvalue weighted by Gasteiger charge is 1.91. The number of hydrogen-bond donors (Lipinski definition) is 0. The average Bonchev–Trinajstić information content (AvgIpc) is 1.98. The molecule has 0 amide bonds. The van der Waals surface area contributed by atoms with Crippen LogP contribution in [0, 0.1) is 0 Å². The summed E-state index contributed by atoms with van der Waals surface area (Å²) in [6.45, 7) is 5.96. The second-order valence-electron chi connectivity index (χ2n) is 2.55. The zero-order valence-electron chi connectivity index (χ0n) is 7.15. The lowest BCUT2D eigenvalue weighted by atomic mass is 10.1. The SMILES string of the molecule is C=C(CCCCCC)OC. The smallest absolute Gasteiger partial charge is 0.0883 e. The summed E-state index contributed by atoms with van der Waals surface area (Å²) >= 11 is 0. The molecule has 0 aromatic carbocycles. The third-order valence-corrected chi connectivity index (χ3v) is 1.60. The molecule has 60 valence electrons. The minimum atomic E-state index is 0.913. The Morgan fingerprint density at radius 3 is 2.50 bits per heavy atom. The zero-order valence-corrected chi connectivity index (χ0v) is 7.15. The van der Waals surface area contributed by atoms with Crippen molar-refractivity contribution in [1.82, 2.24) is 0 Å². The van der Waals surface area contributed by atoms with Gasteiger partial charge in [0.2, 0.25) is 0 Å². The van der Waals surface area contributed by atoms with Gasteiger partial charge in [-0.1, -0.05) is 32.8 Å². The molecule has 0 aromatic rings. The number of methoxy groups -OCH3 is 1. The highest BCUT2D eigenvalue weighted by Crippen LogP contribution is 2.07. The van der Waals surface area contributed by atoms with Crippen molar-refractivity contribution >= 4 is 0 Å². The second-order valence-corrected chi connectivity index (χ2v) is 2.55. The molecule has 0 spiro atoms. The van der Waals surface area contributed by atoms with Crippen molar-refractivity contribution < 1.29 is 4.74 Å². The molecular weight excluding hydrogens is 124 g/mol. The maximum Gasteiger partial charge on any atom is 0.0883 e. The summed E-state index contributed by atoms with van der Waals surface area (Å²) in [6.07, 6.45) is 6.17. The Bertz CT molecular complexity index is 86.7. The minimum absolute atomic E-state index is 0.913. The lowest BCUT2D eigenvalue weighted by Gasteiger charge is -2.02. The van der Waals surface area contributed by atoms with Crippen LogP contribution in [0.5, 0.6) is 0 Å². The molecule has 0 heterocycles. The van der Waals surface area contributed by atoms with Gasteiger partial charge in [-0.15, -0.1) is 0 Å². The van der Waals surface area contributed by atoms with Crippen molar-refractivity contribution in [2.45, 2.75) is 39.0 Å². The van der Waals surface area contributed by atoms with E-state index in [1.807, 2.05) is 0 Å². The molecule has 0 aromatic heterocycles. The van der Waals surface area contributed by atoms with Crippen LogP contribution < -0.4 is 0 Å². The van der Waals surface area contributed by atoms with E-state index in [1.165, 1.54) is 25.7 Å². The minimum Gasteiger partial charge on any atom is -0.502 e. The fraction of sp³-hybridized carbons (Fsp3) is 0.778. The molecular formula is C9H18O. The molecule has 10 heavy (non-hydrogen) atoms. The van der Waals surface area contributed by atoms with Crippen LogP contribution in [0.4, 0.5) is 0 Å². The number of hydrogen-bond acceptors (Lipinski definition) is 1. The van der Waals surface area contributed by atoms with Crippen LogP contribution in [0.25, 0.3) is 0 Å². The van der Waals surface area contributed by atoms with E-state index in [4.69, 9.17) is 4.74 Å². The highest BCUT2D eigenvalue weighted by atomic mass is 16.5. The lowest BCUT2D eigenvalue weighted by molar-refractivity contribution is 0.276. The largest absolute Gasteiger partial charge is 0.502 e. The molecule has 0 atom stereocenters. The van der Waals surface area contributed by atoms with Gasteiger partial charge >= 0.3 is 0 Å². The van der Waals surface area contributed by atoms with Crippen molar-refractivity contribution in [3.8, 4) is 0 Å². The highest BCUT2D eigenvalue weighted by molar-refractivity contribution is 4.80. The van der Waals surface area contributed by atoms with Crippen LogP contribution in [0.3, 0.4) is 0 Å². The first-order chi connectivity index (χ1) is 4.81. The predicted molar refractivity (Wildman–Crippen MR) is 44.9 cm³/mol. The van der Waals surface area contributed by atoms with Crippen molar-refractivity contribution in [3.05, 3.63) is 12.3 Å². The zero-order chi connectivity index (χ0) is 7.82. The van der Waals surface area contributed by atoms with Crippen LogP contribution in [0.15, 0.2) is 12.3 Å². The van der Waals surface area contributed by atoms with Gasteiger partial charge in [0.15, 0.2) is 0 Å². The number of allylic oxidation sites excluding steroid dienone is 1. The van der Waals surface area contributed by atoms with Gasteiger partial charge in [0.05, 0.1) is 12.9 Å². The molecule has 0 aliphatic carbocycles. The first kappa shape index (κ1) is 9.54. The standard InChI is InChI=1S/C9H18O/c1-4-5-6-7-8-9(2)10-3/h2,4-8H2,1,3H3. The number of rotatable bonds is 6. The summed E-state index contributed by atoms with van der Waals surface area (Å²) in [5, 5.41) is 0. The third kappa shape index (κ3) is 5.67. The molecule has 0 rings (SSSR count). The first-order valence-electron chi connectivity index (χ1n) is 4.03. The molecule has 0 N–H and O–H groups in total. The number of unbranched alkanes of at least 4 members (excludes halogenated alkanes) is 3. The van der Waals surface area contributed by atoms with E-state index >= 15 is 0 Å². The van der Waals surface area contributed by atoms with Gasteiger partial charge < -0.3 is 4.74 Å². The lowest BCUT2D eigenvalue weighted by Crippen LogP contribution is -1.84. The Morgan fingerprint density at radius 1 is 1.30 bits per heavy atom. The van der Waals surface area contributed by atoms with Gasteiger partial charge in [-0.05, 0) is 6.42 Å². The van der Waals surface area contributed by atoms with Gasteiger partial charge in [-0.25, -0.2) is 0 Å². The Hall–Kier alpha value is -0.460. The first-order valence-corrected chi connectivity index (χ1v) is 4.03. The van der Waals surface area contributed by atoms with Crippen molar-refractivity contribution in [1.29, 1.82) is 0 Å². The molecule has 0 radical (unpaired) electrons. The molecule has 0 saturated carbocycles. The van der Waals surface area contributed by atoms with Crippen molar-refractivity contribution in [2.75, 3.05) is 7.11 Å². The van der Waals surface area contributed by atoms with E-state index < -0.39 is 0 Å². The molecule has 0 aliphatic heterocycles. The molecule has 0 bridgehead atoms. The molecule has 1 heteroatoms. The fourth-order valence-corrected chi connectivity index (χ4v) is 0.851. The average molecular weight is 142 g/mol. The monoisotopic (exact) mass is 142 g/mol. The van der Waals surface area contributed by atoms with Crippen molar-refractivity contribution in [2.24, 2.45) is 0 Å². The second kappa shape index (κ2) is 6.66. The molecule has 1 nitrogen and oxygen atoms in total. The summed E-state index contributed by atoms with van der Waals surface area (Å²) < 4.78 is 4.94. The summed E-state index contributed by atoms with van der Waals surface area (Å²) in [5.74, 6) is 0.913. The van der Waals surface area contributed by atoms with E-state index in [0.717, 1.165) is 12.2 Å². The molecule has 0 aliphatic rings. The van der Waals surface area contributed by atoms with Gasteiger partial charge in [-0.3, -0.25) is 0 Å². The third-order valence-electron chi connectivity index (χ3n) is 1.60. The van der Waals surface area contributed by atoms with Crippen LogP contribution in [0.1, 0.15) is 39.0 Å². The summed E-state index contributed by atoms with van der Waals surface area (Å²) in [4.78, 5) is 0. The summed E-state index contributed by atoms with van der Waals surface area (Å²) in [6, 6.07) is 0. The predicted octanol–water partition coefficient (Wildman–Crippen LogP) is 3.12. The Labute approximate surface area is 64.1 Å². The molecule has 0 saturated heterocycles. The topological polar surface area (TPSA) is 9.23 Å². The van der Waals surface area contributed by atoms with Gasteiger partial charge in [0.25, 0.3) is 0 Å². The molecule has 0 fully saturated rings. The van der Waals surface area contributed by atoms with Crippen LogP contribution >= 0.6 is 0 Å². The van der Waals surface area contributed by atoms with E-state index in [-0.39, 0.29) is 0 Å². The Kier molecular flexibility index (Phi) is 6.35. The Balaban J connectivity index is 2.96. The number of ether oxygens (including phenoxy) is 1. The quantitative estimate of drug-likeness (QED) is 0.409. The molecule has 0 unspecified atom stereocenters. The van der Waals surface area contributed by atoms with Gasteiger partial charge in [-0.2, -0.15) is 0 Å². The van der Waals surface area contributed by atoms with Crippen LogP contribution in [-0.4, -0.2) is 7.11 Å². The maximum atomic E-state index is 4.94. The van der Waals surface area contributed by atoms with Crippen molar-refractivity contribution in [3.63, 3.8) is 0 Å². The summed E-state index contributed by atoms with van der Waals surface area (Å²) in [7, 11) is 1.68. The summed E-state index contributed by atoms with van der Waals surface area (Å²) in [5.41, 5.74) is 0. The van der Waals surface area contributed by atoms with Crippen LogP contribution in [0.2, 0.25) is 0 Å². The van der Waals surface area contributed by atoms with E-state index in [1.54, 1.807) is 7.11 Å². The van der Waals surface area contributed by atoms with Gasteiger partial charge in [0.1, 0.15) is 0 Å². The van der Waals surface area contributed by atoms with E-state index in [9.17, 15) is 0 Å². The Morgan fingerprint density at radius 2 is 2.00 bits per heavy atom. The van der Waals surface area contributed by atoms with E-state index in [0.29, 0.717) is 0 Å². The van der Waals surface area contributed by atoms with Crippen LogP contribution in [-0.2, 0) is 4.74 Å².